The third kappa shape index (κ3) is 2.63. The van der Waals surface area contributed by atoms with Crippen LogP contribution in [-0.2, 0) is 0 Å². The van der Waals surface area contributed by atoms with Crippen molar-refractivity contribution in [1.82, 2.24) is 14.8 Å². The van der Waals surface area contributed by atoms with E-state index in [9.17, 15) is 4.79 Å². The van der Waals surface area contributed by atoms with E-state index in [1.54, 1.807) is 17.8 Å². The van der Waals surface area contributed by atoms with Crippen LogP contribution in [0.1, 0.15) is 15.4 Å². The fourth-order valence-corrected chi connectivity index (χ4v) is 2.73. The SMILES string of the molecule is Cc1nc(N)sc1C(=O)Nc1ccccc1-n1cccn1. The molecule has 1 amide bonds. The van der Waals surface area contributed by atoms with Gasteiger partial charge in [0, 0.05) is 12.4 Å². The van der Waals surface area contributed by atoms with Crippen molar-refractivity contribution in [3.8, 4) is 5.69 Å². The molecule has 2 aromatic heterocycles. The topological polar surface area (TPSA) is 85.8 Å². The molecule has 0 unspecified atom stereocenters. The third-order valence-corrected chi connectivity index (χ3v) is 3.91. The Kier molecular flexibility index (Phi) is 3.41. The molecule has 0 saturated carbocycles. The molecule has 2 heterocycles. The number of thiazole rings is 1. The molecule has 0 aliphatic rings. The second kappa shape index (κ2) is 5.37. The quantitative estimate of drug-likeness (QED) is 0.778. The Morgan fingerprint density at radius 1 is 1.33 bits per heavy atom. The smallest absolute Gasteiger partial charge is 0.267 e. The highest BCUT2D eigenvalue weighted by atomic mass is 32.1. The number of para-hydroxylation sites is 2. The summed E-state index contributed by atoms with van der Waals surface area (Å²) in [5, 5.41) is 7.46. The highest BCUT2D eigenvalue weighted by molar-refractivity contribution is 7.17. The van der Waals surface area contributed by atoms with Crippen molar-refractivity contribution in [3.05, 3.63) is 53.3 Å². The molecule has 0 spiro atoms. The number of aryl methyl sites for hydroxylation is 1. The van der Waals surface area contributed by atoms with E-state index in [-0.39, 0.29) is 5.91 Å². The van der Waals surface area contributed by atoms with E-state index in [4.69, 9.17) is 5.73 Å². The first kappa shape index (κ1) is 13.3. The number of amides is 1. The Labute approximate surface area is 125 Å². The number of nitrogens with two attached hydrogens (primary N) is 1. The van der Waals surface area contributed by atoms with E-state index in [2.05, 4.69) is 15.4 Å². The summed E-state index contributed by atoms with van der Waals surface area (Å²) in [6, 6.07) is 9.29. The molecule has 0 radical (unpaired) electrons. The van der Waals surface area contributed by atoms with Gasteiger partial charge >= 0.3 is 0 Å². The summed E-state index contributed by atoms with van der Waals surface area (Å²) >= 11 is 1.18. The zero-order chi connectivity index (χ0) is 14.8. The maximum atomic E-state index is 12.3. The van der Waals surface area contributed by atoms with Crippen molar-refractivity contribution in [2.75, 3.05) is 11.1 Å². The Balaban J connectivity index is 1.92. The predicted molar refractivity (Wildman–Crippen MR) is 82.8 cm³/mol. The van der Waals surface area contributed by atoms with Gasteiger partial charge in [-0.1, -0.05) is 23.5 Å². The summed E-state index contributed by atoms with van der Waals surface area (Å²) in [7, 11) is 0. The second-order valence-corrected chi connectivity index (χ2v) is 5.42. The molecule has 3 N–H and O–H groups in total. The number of carbonyl (C=O) groups is 1. The molecular weight excluding hydrogens is 286 g/mol. The van der Waals surface area contributed by atoms with Gasteiger partial charge in [-0.15, -0.1) is 0 Å². The summed E-state index contributed by atoms with van der Waals surface area (Å²) in [5.41, 5.74) is 7.74. The zero-order valence-corrected chi connectivity index (χ0v) is 12.1. The van der Waals surface area contributed by atoms with Gasteiger partial charge < -0.3 is 11.1 Å². The van der Waals surface area contributed by atoms with Crippen molar-refractivity contribution in [1.29, 1.82) is 0 Å². The monoisotopic (exact) mass is 299 g/mol. The standard InChI is InChI=1S/C14H13N5OS/c1-9-12(21-14(15)17-9)13(20)18-10-5-2-3-6-11(10)19-8-4-7-16-19/h2-8H,1H3,(H2,15,17)(H,18,20). The summed E-state index contributed by atoms with van der Waals surface area (Å²) in [5.74, 6) is -0.221. The maximum Gasteiger partial charge on any atom is 0.267 e. The van der Waals surface area contributed by atoms with Gasteiger partial charge in [0.1, 0.15) is 4.88 Å². The number of carbonyl (C=O) groups excluding carboxylic acids is 1. The lowest BCUT2D eigenvalue weighted by molar-refractivity contribution is 0.103. The van der Waals surface area contributed by atoms with Gasteiger partial charge in [-0.2, -0.15) is 5.10 Å². The summed E-state index contributed by atoms with van der Waals surface area (Å²) < 4.78 is 1.70. The summed E-state index contributed by atoms with van der Waals surface area (Å²) in [4.78, 5) is 16.9. The minimum Gasteiger partial charge on any atom is -0.375 e. The number of benzene rings is 1. The molecule has 3 rings (SSSR count). The van der Waals surface area contributed by atoms with Gasteiger partial charge in [0.25, 0.3) is 5.91 Å². The van der Waals surface area contributed by atoms with Crippen LogP contribution in [0, 0.1) is 6.92 Å². The molecule has 0 atom stereocenters. The molecular formula is C14H13N5OS. The fourth-order valence-electron chi connectivity index (χ4n) is 2.00. The van der Waals surface area contributed by atoms with E-state index in [1.807, 2.05) is 36.5 Å². The number of anilines is 2. The van der Waals surface area contributed by atoms with E-state index in [0.717, 1.165) is 5.69 Å². The molecule has 0 fully saturated rings. The molecule has 0 bridgehead atoms. The average Bonchev–Trinajstić information content (AvgIpc) is 3.09. The maximum absolute atomic E-state index is 12.3. The molecule has 0 aliphatic heterocycles. The van der Waals surface area contributed by atoms with Gasteiger partial charge in [0.2, 0.25) is 0 Å². The number of aromatic nitrogens is 3. The van der Waals surface area contributed by atoms with Gasteiger partial charge in [0.05, 0.1) is 17.1 Å². The van der Waals surface area contributed by atoms with Crippen LogP contribution >= 0.6 is 11.3 Å². The number of hydrogen-bond acceptors (Lipinski definition) is 5. The Morgan fingerprint density at radius 3 is 2.81 bits per heavy atom. The number of hydrogen-bond donors (Lipinski definition) is 2. The largest absolute Gasteiger partial charge is 0.375 e. The van der Waals surface area contributed by atoms with Crippen LogP contribution in [0.4, 0.5) is 10.8 Å². The van der Waals surface area contributed by atoms with Gasteiger partial charge in [0.15, 0.2) is 5.13 Å². The second-order valence-electron chi connectivity index (χ2n) is 4.39. The lowest BCUT2D eigenvalue weighted by atomic mass is 10.2. The van der Waals surface area contributed by atoms with E-state index in [1.165, 1.54) is 11.3 Å². The minimum absolute atomic E-state index is 0.221. The van der Waals surface area contributed by atoms with Crippen LogP contribution < -0.4 is 11.1 Å². The first-order valence-electron chi connectivity index (χ1n) is 6.28. The fraction of sp³-hybridized carbons (Fsp3) is 0.0714. The van der Waals surface area contributed by atoms with Crippen molar-refractivity contribution in [2.24, 2.45) is 0 Å². The molecule has 3 aromatic rings. The van der Waals surface area contributed by atoms with Crippen LogP contribution in [0.3, 0.4) is 0 Å². The lowest BCUT2D eigenvalue weighted by Crippen LogP contribution is -2.13. The van der Waals surface area contributed by atoms with Crippen LogP contribution in [0.15, 0.2) is 42.7 Å². The molecule has 7 heteroatoms. The molecule has 106 valence electrons. The Bertz CT molecular complexity index is 779. The molecule has 1 aromatic carbocycles. The Hall–Kier alpha value is -2.67. The highest BCUT2D eigenvalue weighted by Gasteiger charge is 2.16. The zero-order valence-electron chi connectivity index (χ0n) is 11.3. The third-order valence-electron chi connectivity index (χ3n) is 2.92. The van der Waals surface area contributed by atoms with Crippen molar-refractivity contribution < 1.29 is 4.79 Å². The van der Waals surface area contributed by atoms with E-state index < -0.39 is 0 Å². The van der Waals surface area contributed by atoms with Crippen molar-refractivity contribution >= 4 is 28.1 Å². The molecule has 21 heavy (non-hydrogen) atoms. The minimum atomic E-state index is -0.221. The molecule has 6 nitrogen and oxygen atoms in total. The van der Waals surface area contributed by atoms with Crippen LogP contribution in [-0.4, -0.2) is 20.7 Å². The van der Waals surface area contributed by atoms with Gasteiger partial charge in [-0.3, -0.25) is 4.79 Å². The first-order valence-corrected chi connectivity index (χ1v) is 7.10. The van der Waals surface area contributed by atoms with E-state index >= 15 is 0 Å². The van der Waals surface area contributed by atoms with Crippen LogP contribution in [0.5, 0.6) is 0 Å². The number of nitrogen functional groups attached to an aromatic ring is 1. The lowest BCUT2D eigenvalue weighted by Gasteiger charge is -2.10. The molecule has 0 saturated heterocycles. The average molecular weight is 299 g/mol. The summed E-state index contributed by atoms with van der Waals surface area (Å²) in [6.45, 7) is 1.77. The van der Waals surface area contributed by atoms with Crippen LogP contribution in [0.2, 0.25) is 0 Å². The number of nitrogens with zero attached hydrogens (tertiary/aromatic N) is 3. The number of rotatable bonds is 3. The Morgan fingerprint density at radius 2 is 2.14 bits per heavy atom. The van der Waals surface area contributed by atoms with Gasteiger partial charge in [-0.05, 0) is 25.1 Å². The summed E-state index contributed by atoms with van der Waals surface area (Å²) in [6.07, 6.45) is 3.51. The van der Waals surface area contributed by atoms with E-state index in [0.29, 0.717) is 21.4 Å². The molecule has 0 aliphatic carbocycles. The number of nitrogens with one attached hydrogen (secondary N) is 1. The normalized spacial score (nSPS) is 10.5. The first-order chi connectivity index (χ1) is 10.1. The van der Waals surface area contributed by atoms with Crippen LogP contribution in [0.25, 0.3) is 5.69 Å². The predicted octanol–water partition coefficient (Wildman–Crippen LogP) is 2.47. The van der Waals surface area contributed by atoms with Crippen molar-refractivity contribution in [3.63, 3.8) is 0 Å². The highest BCUT2D eigenvalue weighted by Crippen LogP contribution is 2.24. The van der Waals surface area contributed by atoms with Gasteiger partial charge in [-0.25, -0.2) is 9.67 Å². The van der Waals surface area contributed by atoms with Crippen molar-refractivity contribution in [2.45, 2.75) is 6.92 Å².